The second-order valence-electron chi connectivity index (χ2n) is 7.24. The lowest BCUT2D eigenvalue weighted by Gasteiger charge is -2.63. The third kappa shape index (κ3) is 2.49. The Labute approximate surface area is 142 Å². The highest BCUT2D eigenvalue weighted by Crippen LogP contribution is 2.62. The molecule has 3 atom stereocenters. The Morgan fingerprint density at radius 3 is 3.04 bits per heavy atom. The van der Waals surface area contributed by atoms with Crippen molar-refractivity contribution in [2.75, 3.05) is 20.2 Å². The molecule has 2 aliphatic carbocycles. The highest BCUT2D eigenvalue weighted by atomic mass is 32.1. The average Bonchev–Trinajstić information content (AvgIpc) is 3.12. The van der Waals surface area contributed by atoms with E-state index in [4.69, 9.17) is 9.73 Å². The van der Waals surface area contributed by atoms with Gasteiger partial charge in [0, 0.05) is 44.1 Å². The number of fused-ring (bicyclic) bond motifs is 2. The fourth-order valence-electron chi connectivity index (χ4n) is 4.75. The predicted molar refractivity (Wildman–Crippen MR) is 94.8 cm³/mol. The maximum absolute atomic E-state index is 6.04. The van der Waals surface area contributed by atoms with E-state index >= 15 is 0 Å². The number of guanidine groups is 1. The van der Waals surface area contributed by atoms with E-state index in [0.717, 1.165) is 25.7 Å². The lowest BCUT2D eigenvalue weighted by Crippen LogP contribution is -2.72. The highest BCUT2D eigenvalue weighted by Gasteiger charge is 2.66. The molecule has 2 heterocycles. The minimum absolute atomic E-state index is 0.402. The van der Waals surface area contributed by atoms with Gasteiger partial charge in [0.15, 0.2) is 5.96 Å². The topological polar surface area (TPSA) is 36.9 Å². The van der Waals surface area contributed by atoms with Gasteiger partial charge in [-0.25, -0.2) is 0 Å². The molecular weight excluding hydrogens is 306 g/mol. The van der Waals surface area contributed by atoms with Crippen LogP contribution < -0.4 is 5.32 Å². The first-order valence-corrected chi connectivity index (χ1v) is 9.83. The quantitative estimate of drug-likeness (QED) is 0.679. The van der Waals surface area contributed by atoms with Crippen LogP contribution in [0.2, 0.25) is 0 Å². The standard InChI is InChI=1S/C18H27N3OS/c1-3-19-17(21(2)11-13-6-10-23-12-13)20-15-14-5-9-22-16(14)18(15)7-4-8-18/h6,10,12,14-16H,3-5,7-9,11H2,1-2H3,(H,19,20). The van der Waals surface area contributed by atoms with Crippen molar-refractivity contribution in [2.45, 2.75) is 51.3 Å². The Bertz CT molecular complexity index is 567. The average molecular weight is 334 g/mol. The molecule has 1 aromatic heterocycles. The fourth-order valence-corrected chi connectivity index (χ4v) is 5.41. The molecule has 3 fully saturated rings. The van der Waals surface area contributed by atoms with Crippen LogP contribution in [-0.4, -0.2) is 43.2 Å². The van der Waals surface area contributed by atoms with Crippen molar-refractivity contribution in [3.63, 3.8) is 0 Å². The van der Waals surface area contributed by atoms with Crippen LogP contribution in [0.3, 0.4) is 0 Å². The molecular formula is C18H27N3OS. The van der Waals surface area contributed by atoms with Crippen molar-refractivity contribution >= 4 is 17.3 Å². The molecule has 4 rings (SSSR count). The van der Waals surface area contributed by atoms with Crippen molar-refractivity contribution in [1.82, 2.24) is 10.2 Å². The van der Waals surface area contributed by atoms with Gasteiger partial charge < -0.3 is 15.0 Å². The Balaban J connectivity index is 1.47. The smallest absolute Gasteiger partial charge is 0.194 e. The van der Waals surface area contributed by atoms with Gasteiger partial charge in [-0.15, -0.1) is 0 Å². The van der Waals surface area contributed by atoms with E-state index in [9.17, 15) is 0 Å². The van der Waals surface area contributed by atoms with Crippen LogP contribution in [0.1, 0.15) is 38.2 Å². The summed E-state index contributed by atoms with van der Waals surface area (Å²) in [5.74, 6) is 1.74. The second kappa shape index (κ2) is 6.10. The van der Waals surface area contributed by atoms with Crippen molar-refractivity contribution in [3.05, 3.63) is 22.4 Å². The van der Waals surface area contributed by atoms with E-state index in [1.165, 1.54) is 31.2 Å². The summed E-state index contributed by atoms with van der Waals surface area (Å²) in [4.78, 5) is 7.02. The largest absolute Gasteiger partial charge is 0.377 e. The molecule has 1 N–H and O–H groups in total. The van der Waals surface area contributed by atoms with Crippen LogP contribution in [0, 0.1) is 11.3 Å². The van der Waals surface area contributed by atoms with Gasteiger partial charge in [-0.2, -0.15) is 11.3 Å². The van der Waals surface area contributed by atoms with Crippen LogP contribution in [0.4, 0.5) is 0 Å². The molecule has 0 bridgehead atoms. The van der Waals surface area contributed by atoms with Crippen LogP contribution in [0.15, 0.2) is 21.8 Å². The van der Waals surface area contributed by atoms with E-state index in [2.05, 4.69) is 41.0 Å². The molecule has 1 aromatic rings. The second-order valence-corrected chi connectivity index (χ2v) is 8.02. The maximum Gasteiger partial charge on any atom is 0.194 e. The number of thiophene rings is 1. The third-order valence-corrected chi connectivity index (χ3v) is 6.72. The SMILES string of the molecule is CCN=C(NC1C2CCOC2C12CCC2)N(C)Cc1ccsc1. The zero-order valence-corrected chi connectivity index (χ0v) is 14.9. The number of nitrogens with one attached hydrogen (secondary N) is 1. The maximum atomic E-state index is 6.04. The van der Waals surface area contributed by atoms with Crippen molar-refractivity contribution in [3.8, 4) is 0 Å². The molecule has 0 aromatic carbocycles. The first kappa shape index (κ1) is 15.5. The van der Waals surface area contributed by atoms with Crippen LogP contribution >= 0.6 is 11.3 Å². The van der Waals surface area contributed by atoms with Crippen molar-refractivity contribution in [2.24, 2.45) is 16.3 Å². The Morgan fingerprint density at radius 2 is 2.39 bits per heavy atom. The van der Waals surface area contributed by atoms with Gasteiger partial charge >= 0.3 is 0 Å². The summed E-state index contributed by atoms with van der Waals surface area (Å²) < 4.78 is 6.04. The summed E-state index contributed by atoms with van der Waals surface area (Å²) in [6.45, 7) is 4.79. The molecule has 126 valence electrons. The van der Waals surface area contributed by atoms with Crippen LogP contribution in [0.5, 0.6) is 0 Å². The summed E-state index contributed by atoms with van der Waals surface area (Å²) >= 11 is 1.76. The van der Waals surface area contributed by atoms with Gasteiger partial charge in [0.1, 0.15) is 0 Å². The zero-order valence-electron chi connectivity index (χ0n) is 14.1. The molecule has 0 amide bonds. The molecule has 1 saturated heterocycles. The summed E-state index contributed by atoms with van der Waals surface area (Å²) in [7, 11) is 2.15. The molecule has 1 spiro atoms. The number of rotatable bonds is 4. The zero-order chi connectivity index (χ0) is 15.9. The van der Waals surface area contributed by atoms with E-state index in [0.29, 0.717) is 23.5 Å². The Morgan fingerprint density at radius 1 is 1.52 bits per heavy atom. The number of nitrogens with zero attached hydrogens (tertiary/aromatic N) is 2. The molecule has 23 heavy (non-hydrogen) atoms. The predicted octanol–water partition coefficient (Wildman–Crippen LogP) is 3.10. The lowest BCUT2D eigenvalue weighted by molar-refractivity contribution is -0.171. The molecule has 2 saturated carbocycles. The van der Waals surface area contributed by atoms with Gasteiger partial charge in [0.2, 0.25) is 0 Å². The molecule has 1 aliphatic heterocycles. The Kier molecular flexibility index (Phi) is 4.10. The summed E-state index contributed by atoms with van der Waals surface area (Å²) in [6, 6.07) is 2.75. The first-order valence-electron chi connectivity index (χ1n) is 8.89. The van der Waals surface area contributed by atoms with Gasteiger partial charge in [-0.05, 0) is 48.6 Å². The monoisotopic (exact) mass is 333 g/mol. The van der Waals surface area contributed by atoms with Gasteiger partial charge in [-0.1, -0.05) is 6.42 Å². The minimum atomic E-state index is 0.402. The third-order valence-electron chi connectivity index (χ3n) is 5.99. The number of aliphatic imine (C=N–C) groups is 1. The molecule has 0 radical (unpaired) electrons. The number of hydrogen-bond donors (Lipinski definition) is 1. The van der Waals surface area contributed by atoms with Crippen molar-refractivity contribution in [1.29, 1.82) is 0 Å². The van der Waals surface area contributed by atoms with E-state index in [1.54, 1.807) is 11.3 Å². The molecule has 3 aliphatic rings. The fraction of sp³-hybridized carbons (Fsp3) is 0.722. The summed E-state index contributed by atoms with van der Waals surface area (Å²) in [6.07, 6.45) is 5.71. The van der Waals surface area contributed by atoms with E-state index in [1.807, 2.05) is 0 Å². The first-order chi connectivity index (χ1) is 11.2. The summed E-state index contributed by atoms with van der Waals surface area (Å²) in [5.41, 5.74) is 1.76. The Hall–Kier alpha value is -1.07. The highest BCUT2D eigenvalue weighted by molar-refractivity contribution is 7.07. The van der Waals surface area contributed by atoms with Gasteiger partial charge in [-0.3, -0.25) is 4.99 Å². The normalized spacial score (nSPS) is 31.4. The summed E-state index contributed by atoms with van der Waals surface area (Å²) in [5, 5.41) is 8.19. The molecule has 4 nitrogen and oxygen atoms in total. The lowest BCUT2D eigenvalue weighted by atomic mass is 9.46. The van der Waals surface area contributed by atoms with E-state index < -0.39 is 0 Å². The molecule has 5 heteroatoms. The van der Waals surface area contributed by atoms with Gasteiger partial charge in [0.05, 0.1) is 6.10 Å². The van der Waals surface area contributed by atoms with Crippen molar-refractivity contribution < 1.29 is 4.74 Å². The number of hydrogen-bond acceptors (Lipinski definition) is 3. The van der Waals surface area contributed by atoms with Crippen LogP contribution in [-0.2, 0) is 11.3 Å². The number of ether oxygens (including phenoxy) is 1. The van der Waals surface area contributed by atoms with E-state index in [-0.39, 0.29) is 0 Å². The minimum Gasteiger partial charge on any atom is -0.377 e. The molecule has 3 unspecified atom stereocenters. The van der Waals surface area contributed by atoms with Crippen LogP contribution in [0.25, 0.3) is 0 Å². The van der Waals surface area contributed by atoms with Gasteiger partial charge in [0.25, 0.3) is 0 Å².